The maximum absolute atomic E-state index is 10.0. The van der Waals surface area contributed by atoms with E-state index in [4.69, 9.17) is 9.26 Å². The van der Waals surface area contributed by atoms with Crippen LogP contribution in [0.25, 0.3) is 0 Å². The minimum atomic E-state index is -0.349. The third-order valence-electron chi connectivity index (χ3n) is 3.22. The van der Waals surface area contributed by atoms with Gasteiger partial charge in [0.05, 0.1) is 12.0 Å². The van der Waals surface area contributed by atoms with Crippen LogP contribution in [-0.4, -0.2) is 28.0 Å². The molecule has 1 fully saturated rings. The maximum atomic E-state index is 10.0. The molecule has 1 aromatic heterocycles. The van der Waals surface area contributed by atoms with Crippen LogP contribution in [0.5, 0.6) is 0 Å². The topological polar surface area (TPSA) is 68.4 Å². The van der Waals surface area contributed by atoms with Crippen molar-refractivity contribution in [2.75, 3.05) is 6.61 Å². The minimum Gasteiger partial charge on any atom is -0.392 e. The van der Waals surface area contributed by atoms with E-state index in [2.05, 4.69) is 10.1 Å². The van der Waals surface area contributed by atoms with Gasteiger partial charge < -0.3 is 14.4 Å². The highest BCUT2D eigenvalue weighted by atomic mass is 16.5. The van der Waals surface area contributed by atoms with Gasteiger partial charge in [0, 0.05) is 6.61 Å². The largest absolute Gasteiger partial charge is 0.392 e. The molecule has 0 spiro atoms. The van der Waals surface area contributed by atoms with E-state index in [1.54, 1.807) is 0 Å². The Hall–Kier alpha value is -0.940. The summed E-state index contributed by atoms with van der Waals surface area (Å²) in [6, 6.07) is 0. The van der Waals surface area contributed by atoms with Crippen LogP contribution in [0.3, 0.4) is 0 Å². The zero-order valence-electron chi connectivity index (χ0n) is 10.3. The number of aliphatic hydroxyl groups is 1. The van der Waals surface area contributed by atoms with E-state index in [0.29, 0.717) is 24.9 Å². The summed E-state index contributed by atoms with van der Waals surface area (Å²) in [6.07, 6.45) is 4.78. The Bertz CT molecular complexity index is 340. The number of hydrogen-bond donors (Lipinski definition) is 1. The van der Waals surface area contributed by atoms with Crippen LogP contribution in [0.4, 0.5) is 0 Å². The fourth-order valence-corrected chi connectivity index (χ4v) is 2.25. The minimum absolute atomic E-state index is 0.000349. The average Bonchev–Trinajstić information content (AvgIpc) is 2.69. The van der Waals surface area contributed by atoms with Gasteiger partial charge in [-0.1, -0.05) is 24.4 Å². The van der Waals surface area contributed by atoms with E-state index in [9.17, 15) is 5.11 Å². The summed E-state index contributed by atoms with van der Waals surface area (Å²) in [6.45, 7) is 2.94. The molecule has 2 rings (SSSR count). The van der Waals surface area contributed by atoms with Crippen LogP contribution >= 0.6 is 0 Å². The van der Waals surface area contributed by atoms with Crippen molar-refractivity contribution >= 4 is 0 Å². The highest BCUT2D eigenvalue weighted by Crippen LogP contribution is 2.30. The second-order valence-corrected chi connectivity index (χ2v) is 4.50. The molecule has 1 saturated carbocycles. The number of nitrogens with zero attached hydrogens (tertiary/aromatic N) is 2. The molecule has 1 aliphatic carbocycles. The molecule has 5 heteroatoms. The molecule has 2 unspecified atom stereocenters. The van der Waals surface area contributed by atoms with Gasteiger partial charge in [0.1, 0.15) is 6.61 Å². The Labute approximate surface area is 101 Å². The van der Waals surface area contributed by atoms with E-state index in [1.165, 1.54) is 6.42 Å². The first kappa shape index (κ1) is 12.5. The van der Waals surface area contributed by atoms with Gasteiger partial charge in [0.15, 0.2) is 5.82 Å². The predicted octanol–water partition coefficient (Wildman–Crippen LogP) is 2.01. The van der Waals surface area contributed by atoms with Crippen LogP contribution < -0.4 is 0 Å². The standard InChI is InChI=1S/C12H20N2O3/c1-2-16-8-11-13-12(17-14-11)9-6-4-3-5-7-10(9)15/h9-10,15H,2-8H2,1H3. The normalized spacial score (nSPS) is 25.8. The lowest BCUT2D eigenvalue weighted by Gasteiger charge is -2.15. The summed E-state index contributed by atoms with van der Waals surface area (Å²) >= 11 is 0. The summed E-state index contributed by atoms with van der Waals surface area (Å²) in [5.41, 5.74) is 0. The number of aliphatic hydroxyl groups excluding tert-OH is 1. The monoisotopic (exact) mass is 240 g/mol. The first-order valence-corrected chi connectivity index (χ1v) is 6.39. The van der Waals surface area contributed by atoms with E-state index in [1.807, 2.05) is 6.92 Å². The number of hydrogen-bond acceptors (Lipinski definition) is 5. The number of ether oxygens (including phenoxy) is 1. The van der Waals surface area contributed by atoms with Crippen molar-refractivity contribution in [3.63, 3.8) is 0 Å². The molecule has 1 N–H and O–H groups in total. The van der Waals surface area contributed by atoms with E-state index < -0.39 is 0 Å². The molecule has 0 saturated heterocycles. The molecule has 1 heterocycles. The van der Waals surface area contributed by atoms with Crippen molar-refractivity contribution in [3.05, 3.63) is 11.7 Å². The molecule has 1 aromatic rings. The van der Waals surface area contributed by atoms with E-state index in [-0.39, 0.29) is 12.0 Å². The van der Waals surface area contributed by atoms with Crippen molar-refractivity contribution < 1.29 is 14.4 Å². The lowest BCUT2D eigenvalue weighted by Crippen LogP contribution is -2.17. The molecule has 1 aliphatic rings. The Kier molecular flexibility index (Phi) is 4.50. The Balaban J connectivity index is 2.01. The van der Waals surface area contributed by atoms with Crippen LogP contribution in [0, 0.1) is 0 Å². The van der Waals surface area contributed by atoms with Crippen molar-refractivity contribution in [1.82, 2.24) is 10.1 Å². The summed E-state index contributed by atoms with van der Waals surface area (Å²) in [5, 5.41) is 13.9. The molecular formula is C12H20N2O3. The summed E-state index contributed by atoms with van der Waals surface area (Å²) in [5.74, 6) is 1.13. The molecule has 5 nitrogen and oxygen atoms in total. The molecule has 0 amide bonds. The number of rotatable bonds is 4. The summed E-state index contributed by atoms with van der Waals surface area (Å²) in [4.78, 5) is 4.30. The van der Waals surface area contributed by atoms with Crippen molar-refractivity contribution in [2.45, 2.75) is 57.7 Å². The molecule has 96 valence electrons. The van der Waals surface area contributed by atoms with Gasteiger partial charge in [-0.2, -0.15) is 4.98 Å². The average molecular weight is 240 g/mol. The van der Waals surface area contributed by atoms with Gasteiger partial charge in [-0.25, -0.2) is 0 Å². The third kappa shape index (κ3) is 3.26. The van der Waals surface area contributed by atoms with Gasteiger partial charge in [-0.15, -0.1) is 0 Å². The molecule has 0 bridgehead atoms. The SMILES string of the molecule is CCOCc1noc(C2CCCCCC2O)n1. The maximum Gasteiger partial charge on any atom is 0.232 e. The summed E-state index contributed by atoms with van der Waals surface area (Å²) in [7, 11) is 0. The third-order valence-corrected chi connectivity index (χ3v) is 3.22. The first-order valence-electron chi connectivity index (χ1n) is 6.39. The highest BCUT2D eigenvalue weighted by molar-refractivity contribution is 4.97. The fraction of sp³-hybridized carbons (Fsp3) is 0.833. The lowest BCUT2D eigenvalue weighted by atomic mass is 9.97. The number of aromatic nitrogens is 2. The zero-order valence-corrected chi connectivity index (χ0v) is 10.3. The van der Waals surface area contributed by atoms with E-state index in [0.717, 1.165) is 25.7 Å². The zero-order chi connectivity index (χ0) is 12.1. The van der Waals surface area contributed by atoms with Gasteiger partial charge in [-0.05, 0) is 19.8 Å². The van der Waals surface area contributed by atoms with Crippen molar-refractivity contribution in [3.8, 4) is 0 Å². The molecule has 0 radical (unpaired) electrons. The Morgan fingerprint density at radius 3 is 3.00 bits per heavy atom. The quantitative estimate of drug-likeness (QED) is 0.815. The Morgan fingerprint density at radius 2 is 2.18 bits per heavy atom. The van der Waals surface area contributed by atoms with Crippen LogP contribution in [-0.2, 0) is 11.3 Å². The predicted molar refractivity (Wildman–Crippen MR) is 61.5 cm³/mol. The highest BCUT2D eigenvalue weighted by Gasteiger charge is 2.28. The van der Waals surface area contributed by atoms with Crippen LogP contribution in [0.15, 0.2) is 4.52 Å². The lowest BCUT2D eigenvalue weighted by molar-refractivity contribution is 0.119. The molecule has 2 atom stereocenters. The van der Waals surface area contributed by atoms with Crippen LogP contribution in [0.1, 0.15) is 56.7 Å². The molecular weight excluding hydrogens is 220 g/mol. The van der Waals surface area contributed by atoms with Crippen molar-refractivity contribution in [1.29, 1.82) is 0 Å². The molecule has 17 heavy (non-hydrogen) atoms. The summed E-state index contributed by atoms with van der Waals surface area (Å²) < 4.78 is 10.5. The Morgan fingerprint density at radius 1 is 1.35 bits per heavy atom. The smallest absolute Gasteiger partial charge is 0.232 e. The van der Waals surface area contributed by atoms with Gasteiger partial charge in [0.25, 0.3) is 0 Å². The van der Waals surface area contributed by atoms with Crippen LogP contribution in [0.2, 0.25) is 0 Å². The fourth-order valence-electron chi connectivity index (χ4n) is 2.25. The van der Waals surface area contributed by atoms with Gasteiger partial charge in [-0.3, -0.25) is 0 Å². The van der Waals surface area contributed by atoms with E-state index >= 15 is 0 Å². The first-order chi connectivity index (χ1) is 8.31. The second kappa shape index (κ2) is 6.12. The molecule has 0 aromatic carbocycles. The van der Waals surface area contributed by atoms with Gasteiger partial charge >= 0.3 is 0 Å². The second-order valence-electron chi connectivity index (χ2n) is 4.50. The molecule has 0 aliphatic heterocycles. The van der Waals surface area contributed by atoms with Crippen molar-refractivity contribution in [2.24, 2.45) is 0 Å². The van der Waals surface area contributed by atoms with Gasteiger partial charge in [0.2, 0.25) is 5.89 Å².